The molecule has 0 aliphatic rings. The molecule has 0 unspecified atom stereocenters. The molecule has 0 radical (unpaired) electrons. The second-order valence-corrected chi connectivity index (χ2v) is 5.33. The van der Waals surface area contributed by atoms with Crippen molar-refractivity contribution in [2.75, 3.05) is 5.32 Å². The van der Waals surface area contributed by atoms with E-state index in [0.717, 1.165) is 15.7 Å². The van der Waals surface area contributed by atoms with Crippen LogP contribution in [0.5, 0.6) is 0 Å². The Hall–Kier alpha value is -1.06. The van der Waals surface area contributed by atoms with Crippen LogP contribution in [0.2, 0.25) is 5.02 Å². The smallest absolute Gasteiger partial charge is 0.126 e. The predicted molar refractivity (Wildman–Crippen MR) is 77.6 cm³/mol. The maximum atomic E-state index is 13.1. The van der Waals surface area contributed by atoms with Crippen molar-refractivity contribution in [2.24, 2.45) is 0 Å². The van der Waals surface area contributed by atoms with E-state index in [2.05, 4.69) is 21.2 Å². The number of benzene rings is 2. The van der Waals surface area contributed by atoms with Crippen molar-refractivity contribution in [3.8, 4) is 0 Å². The normalized spacial score (nSPS) is 10.4. The highest BCUT2D eigenvalue weighted by Crippen LogP contribution is 2.25. The monoisotopic (exact) mass is 327 g/mol. The zero-order valence-corrected chi connectivity index (χ0v) is 12.1. The molecular formula is C14H12BrClFN. The van der Waals surface area contributed by atoms with Crippen molar-refractivity contribution in [2.45, 2.75) is 13.5 Å². The largest absolute Gasteiger partial charge is 0.381 e. The first kappa shape index (κ1) is 13.4. The molecule has 0 heterocycles. The Morgan fingerprint density at radius 1 is 1.22 bits per heavy atom. The van der Waals surface area contributed by atoms with Crippen molar-refractivity contribution < 1.29 is 4.39 Å². The summed E-state index contributed by atoms with van der Waals surface area (Å²) in [6.45, 7) is 2.40. The lowest BCUT2D eigenvalue weighted by Crippen LogP contribution is -2.00. The second kappa shape index (κ2) is 5.72. The summed E-state index contributed by atoms with van der Waals surface area (Å²) in [5.41, 5.74) is 2.63. The number of rotatable bonds is 3. The van der Waals surface area contributed by atoms with Crippen molar-refractivity contribution in [1.29, 1.82) is 0 Å². The molecule has 0 atom stereocenters. The van der Waals surface area contributed by atoms with Gasteiger partial charge in [0.1, 0.15) is 5.82 Å². The molecule has 0 aliphatic carbocycles. The Morgan fingerprint density at radius 3 is 2.67 bits per heavy atom. The van der Waals surface area contributed by atoms with E-state index in [9.17, 15) is 4.39 Å². The summed E-state index contributed by atoms with van der Waals surface area (Å²) in [5.74, 6) is -0.176. The Bertz CT molecular complexity index is 520. The maximum Gasteiger partial charge on any atom is 0.126 e. The molecule has 0 aliphatic heterocycles. The standard InChI is InChI=1S/C14H12BrClFN/c1-9-6-10(2-5-14(9)17)8-18-11-3-4-12(15)13(16)7-11/h2-7,18H,8H2,1H3. The first-order valence-corrected chi connectivity index (χ1v) is 6.67. The molecule has 0 bridgehead atoms. The number of aryl methyl sites for hydroxylation is 1. The van der Waals surface area contributed by atoms with Gasteiger partial charge >= 0.3 is 0 Å². The third-order valence-electron chi connectivity index (χ3n) is 2.64. The highest BCUT2D eigenvalue weighted by Gasteiger charge is 2.01. The molecule has 0 saturated heterocycles. The molecule has 1 N–H and O–H groups in total. The van der Waals surface area contributed by atoms with Gasteiger partial charge in [-0.2, -0.15) is 0 Å². The van der Waals surface area contributed by atoms with E-state index in [1.807, 2.05) is 24.3 Å². The summed E-state index contributed by atoms with van der Waals surface area (Å²) in [4.78, 5) is 0. The molecule has 0 saturated carbocycles. The predicted octanol–water partition coefficient (Wildman–Crippen LogP) is 5.16. The van der Waals surface area contributed by atoms with Gasteiger partial charge in [-0.3, -0.25) is 0 Å². The molecule has 0 amide bonds. The average Bonchev–Trinajstić information content (AvgIpc) is 2.35. The van der Waals surface area contributed by atoms with Crippen molar-refractivity contribution in [3.05, 3.63) is 62.8 Å². The first-order chi connectivity index (χ1) is 8.56. The van der Waals surface area contributed by atoms with Gasteiger partial charge in [0.05, 0.1) is 5.02 Å². The minimum Gasteiger partial charge on any atom is -0.381 e. The molecule has 1 nitrogen and oxygen atoms in total. The Labute approximate surface area is 119 Å². The van der Waals surface area contributed by atoms with Gasteiger partial charge in [0.25, 0.3) is 0 Å². The SMILES string of the molecule is Cc1cc(CNc2ccc(Br)c(Cl)c2)ccc1F. The molecule has 0 spiro atoms. The zero-order valence-electron chi connectivity index (χ0n) is 9.81. The van der Waals surface area contributed by atoms with Gasteiger partial charge in [-0.25, -0.2) is 4.39 Å². The van der Waals surface area contributed by atoms with Crippen LogP contribution >= 0.6 is 27.5 Å². The van der Waals surface area contributed by atoms with Crippen LogP contribution in [0, 0.1) is 12.7 Å². The van der Waals surface area contributed by atoms with Crippen LogP contribution < -0.4 is 5.32 Å². The van der Waals surface area contributed by atoms with Gasteiger partial charge in [0, 0.05) is 16.7 Å². The Morgan fingerprint density at radius 2 is 2.00 bits per heavy atom. The molecule has 0 fully saturated rings. The van der Waals surface area contributed by atoms with Crippen LogP contribution in [0.1, 0.15) is 11.1 Å². The summed E-state index contributed by atoms with van der Waals surface area (Å²) in [6.07, 6.45) is 0. The maximum absolute atomic E-state index is 13.1. The molecule has 18 heavy (non-hydrogen) atoms. The van der Waals surface area contributed by atoms with E-state index in [-0.39, 0.29) is 5.82 Å². The van der Waals surface area contributed by atoms with E-state index < -0.39 is 0 Å². The molecule has 2 aromatic rings. The summed E-state index contributed by atoms with van der Waals surface area (Å²) >= 11 is 9.35. The van der Waals surface area contributed by atoms with E-state index in [4.69, 9.17) is 11.6 Å². The molecule has 2 rings (SSSR count). The molecular weight excluding hydrogens is 317 g/mol. The van der Waals surface area contributed by atoms with Crippen molar-refractivity contribution >= 4 is 33.2 Å². The van der Waals surface area contributed by atoms with Crippen LogP contribution in [0.4, 0.5) is 10.1 Å². The minimum absolute atomic E-state index is 0.176. The number of hydrogen-bond donors (Lipinski definition) is 1. The first-order valence-electron chi connectivity index (χ1n) is 5.50. The quantitative estimate of drug-likeness (QED) is 0.820. The summed E-state index contributed by atoms with van der Waals surface area (Å²) in [6, 6.07) is 10.8. The number of nitrogens with one attached hydrogen (secondary N) is 1. The van der Waals surface area contributed by atoms with Gasteiger partial charge in [-0.15, -0.1) is 0 Å². The number of halogens is 3. The average molecular weight is 329 g/mol. The molecule has 94 valence electrons. The Kier molecular flexibility index (Phi) is 4.25. The van der Waals surface area contributed by atoms with E-state index >= 15 is 0 Å². The van der Waals surface area contributed by atoms with Crippen LogP contribution in [0.15, 0.2) is 40.9 Å². The summed E-state index contributed by atoms with van der Waals surface area (Å²) in [7, 11) is 0. The third-order valence-corrected chi connectivity index (χ3v) is 3.87. The van der Waals surface area contributed by atoms with Gasteiger partial charge in [-0.1, -0.05) is 23.7 Å². The lowest BCUT2D eigenvalue weighted by molar-refractivity contribution is 0.617. The minimum atomic E-state index is -0.176. The number of hydrogen-bond acceptors (Lipinski definition) is 1. The summed E-state index contributed by atoms with van der Waals surface area (Å²) in [5, 5.41) is 3.91. The highest BCUT2D eigenvalue weighted by molar-refractivity contribution is 9.10. The lowest BCUT2D eigenvalue weighted by Gasteiger charge is -2.08. The molecule has 4 heteroatoms. The van der Waals surface area contributed by atoms with Crippen LogP contribution in [0.25, 0.3) is 0 Å². The fourth-order valence-electron chi connectivity index (χ4n) is 1.63. The van der Waals surface area contributed by atoms with Crippen LogP contribution in [-0.4, -0.2) is 0 Å². The van der Waals surface area contributed by atoms with Gasteiger partial charge in [-0.05, 0) is 58.2 Å². The zero-order chi connectivity index (χ0) is 13.1. The third kappa shape index (κ3) is 3.24. The number of anilines is 1. The lowest BCUT2D eigenvalue weighted by atomic mass is 10.1. The van der Waals surface area contributed by atoms with Gasteiger partial charge in [0.15, 0.2) is 0 Å². The fourth-order valence-corrected chi connectivity index (χ4v) is 2.05. The van der Waals surface area contributed by atoms with Crippen LogP contribution in [0.3, 0.4) is 0 Å². The van der Waals surface area contributed by atoms with Crippen molar-refractivity contribution in [3.63, 3.8) is 0 Å². The van der Waals surface area contributed by atoms with E-state index in [1.165, 1.54) is 6.07 Å². The molecule has 0 aromatic heterocycles. The van der Waals surface area contributed by atoms with E-state index in [1.54, 1.807) is 13.0 Å². The Balaban J connectivity index is 2.06. The second-order valence-electron chi connectivity index (χ2n) is 4.07. The van der Waals surface area contributed by atoms with Gasteiger partial charge in [0.2, 0.25) is 0 Å². The van der Waals surface area contributed by atoms with Crippen molar-refractivity contribution in [1.82, 2.24) is 0 Å². The topological polar surface area (TPSA) is 12.0 Å². The van der Waals surface area contributed by atoms with E-state index in [0.29, 0.717) is 17.1 Å². The molecule has 2 aromatic carbocycles. The summed E-state index contributed by atoms with van der Waals surface area (Å²) < 4.78 is 14.0. The fraction of sp³-hybridized carbons (Fsp3) is 0.143. The van der Waals surface area contributed by atoms with Gasteiger partial charge < -0.3 is 5.32 Å². The highest BCUT2D eigenvalue weighted by atomic mass is 79.9. The van der Waals surface area contributed by atoms with Crippen LogP contribution in [-0.2, 0) is 6.54 Å².